The molecule has 3 nitrogen and oxygen atoms in total. The standard InChI is InChI=1S/C15H12ClN3/c16-14-6-7-17-15(8-14)11-19-10-13(9-18-19)12-4-2-1-3-5-12/h1-10H,11H2. The summed E-state index contributed by atoms with van der Waals surface area (Å²) in [4.78, 5) is 4.27. The summed E-state index contributed by atoms with van der Waals surface area (Å²) in [5.41, 5.74) is 3.16. The van der Waals surface area contributed by atoms with Crippen molar-refractivity contribution in [2.75, 3.05) is 0 Å². The van der Waals surface area contributed by atoms with Crippen LogP contribution >= 0.6 is 11.6 Å². The molecule has 1 aromatic carbocycles. The second kappa shape index (κ2) is 5.24. The molecule has 0 radical (unpaired) electrons. The van der Waals surface area contributed by atoms with Gasteiger partial charge in [0.2, 0.25) is 0 Å². The predicted octanol–water partition coefficient (Wildman–Crippen LogP) is 3.65. The lowest BCUT2D eigenvalue weighted by atomic mass is 10.1. The first-order valence-corrected chi connectivity index (χ1v) is 6.37. The van der Waals surface area contributed by atoms with E-state index < -0.39 is 0 Å². The fourth-order valence-corrected chi connectivity index (χ4v) is 2.11. The third-order valence-corrected chi connectivity index (χ3v) is 3.08. The largest absolute Gasteiger partial charge is 0.266 e. The molecule has 2 heterocycles. The van der Waals surface area contributed by atoms with Gasteiger partial charge in [-0.25, -0.2) is 0 Å². The van der Waals surface area contributed by atoms with E-state index in [1.165, 1.54) is 0 Å². The predicted molar refractivity (Wildman–Crippen MR) is 76.0 cm³/mol. The van der Waals surface area contributed by atoms with Gasteiger partial charge in [0, 0.05) is 23.0 Å². The number of nitrogens with zero attached hydrogens (tertiary/aromatic N) is 3. The van der Waals surface area contributed by atoms with Gasteiger partial charge < -0.3 is 0 Å². The van der Waals surface area contributed by atoms with Crippen molar-refractivity contribution in [3.8, 4) is 11.1 Å². The van der Waals surface area contributed by atoms with Crippen molar-refractivity contribution in [3.05, 3.63) is 71.8 Å². The molecule has 0 amide bonds. The molecule has 0 saturated heterocycles. The number of rotatable bonds is 3. The second-order valence-electron chi connectivity index (χ2n) is 4.26. The molecule has 0 atom stereocenters. The molecule has 0 fully saturated rings. The minimum absolute atomic E-state index is 0.618. The van der Waals surface area contributed by atoms with Gasteiger partial charge in [-0.1, -0.05) is 41.9 Å². The van der Waals surface area contributed by atoms with Gasteiger partial charge in [-0.05, 0) is 17.7 Å². The minimum atomic E-state index is 0.618. The Hall–Kier alpha value is -2.13. The van der Waals surface area contributed by atoms with Crippen molar-refractivity contribution in [1.29, 1.82) is 0 Å². The lowest BCUT2D eigenvalue weighted by molar-refractivity contribution is 0.673. The van der Waals surface area contributed by atoms with Gasteiger partial charge in [-0.2, -0.15) is 5.10 Å². The van der Waals surface area contributed by atoms with E-state index in [0.717, 1.165) is 16.8 Å². The van der Waals surface area contributed by atoms with Crippen LogP contribution in [0, 0.1) is 0 Å². The Bertz CT molecular complexity index is 677. The van der Waals surface area contributed by atoms with Crippen LogP contribution in [0.4, 0.5) is 0 Å². The molecule has 4 heteroatoms. The highest BCUT2D eigenvalue weighted by atomic mass is 35.5. The maximum absolute atomic E-state index is 5.94. The molecular weight excluding hydrogens is 258 g/mol. The van der Waals surface area contributed by atoms with Gasteiger partial charge in [0.15, 0.2) is 0 Å². The molecule has 0 aliphatic heterocycles. The molecule has 19 heavy (non-hydrogen) atoms. The SMILES string of the molecule is Clc1ccnc(Cn2cc(-c3ccccc3)cn2)c1. The highest BCUT2D eigenvalue weighted by Gasteiger charge is 2.03. The third kappa shape index (κ3) is 2.83. The van der Waals surface area contributed by atoms with E-state index in [0.29, 0.717) is 11.6 Å². The number of aromatic nitrogens is 3. The molecule has 3 aromatic rings. The van der Waals surface area contributed by atoms with Crippen molar-refractivity contribution in [3.63, 3.8) is 0 Å². The second-order valence-corrected chi connectivity index (χ2v) is 4.69. The van der Waals surface area contributed by atoms with Gasteiger partial charge in [-0.3, -0.25) is 9.67 Å². The van der Waals surface area contributed by atoms with E-state index in [4.69, 9.17) is 11.6 Å². The van der Waals surface area contributed by atoms with Crippen LogP contribution in [0.2, 0.25) is 5.02 Å². The molecular formula is C15H12ClN3. The van der Waals surface area contributed by atoms with Gasteiger partial charge >= 0.3 is 0 Å². The molecule has 0 N–H and O–H groups in total. The van der Waals surface area contributed by atoms with Crippen LogP contribution in [0.3, 0.4) is 0 Å². The monoisotopic (exact) mass is 269 g/mol. The zero-order valence-corrected chi connectivity index (χ0v) is 11.0. The summed E-state index contributed by atoms with van der Waals surface area (Å²) in [5, 5.41) is 5.05. The van der Waals surface area contributed by atoms with Crippen molar-refractivity contribution >= 4 is 11.6 Å². The fourth-order valence-electron chi connectivity index (χ4n) is 1.93. The fraction of sp³-hybridized carbons (Fsp3) is 0.0667. The van der Waals surface area contributed by atoms with E-state index in [1.54, 1.807) is 12.3 Å². The third-order valence-electron chi connectivity index (χ3n) is 2.84. The summed E-state index contributed by atoms with van der Waals surface area (Å²) in [6.07, 6.45) is 5.58. The maximum atomic E-state index is 5.94. The molecule has 3 rings (SSSR count). The molecule has 0 spiro atoms. The molecule has 0 unspecified atom stereocenters. The van der Waals surface area contributed by atoms with E-state index in [-0.39, 0.29) is 0 Å². The van der Waals surface area contributed by atoms with Gasteiger partial charge in [0.05, 0.1) is 18.4 Å². The maximum Gasteiger partial charge on any atom is 0.0832 e. The number of pyridine rings is 1. The summed E-state index contributed by atoms with van der Waals surface area (Å²) >= 11 is 5.94. The Labute approximate surface area is 116 Å². The lowest BCUT2D eigenvalue weighted by Crippen LogP contribution is -2.01. The highest BCUT2D eigenvalue weighted by Crippen LogP contribution is 2.18. The molecule has 0 aliphatic carbocycles. The normalized spacial score (nSPS) is 10.6. The van der Waals surface area contributed by atoms with E-state index in [9.17, 15) is 0 Å². The molecule has 0 aliphatic rings. The van der Waals surface area contributed by atoms with E-state index in [2.05, 4.69) is 22.2 Å². The summed E-state index contributed by atoms with van der Waals surface area (Å²) in [6.45, 7) is 0.618. The number of hydrogen-bond donors (Lipinski definition) is 0. The smallest absolute Gasteiger partial charge is 0.0832 e. The quantitative estimate of drug-likeness (QED) is 0.727. The molecule has 2 aromatic heterocycles. The summed E-state index contributed by atoms with van der Waals surface area (Å²) < 4.78 is 1.86. The van der Waals surface area contributed by atoms with Crippen LogP contribution < -0.4 is 0 Å². The van der Waals surface area contributed by atoms with Gasteiger partial charge in [-0.15, -0.1) is 0 Å². The Morgan fingerprint density at radius 2 is 1.89 bits per heavy atom. The minimum Gasteiger partial charge on any atom is -0.266 e. The topological polar surface area (TPSA) is 30.7 Å². The number of hydrogen-bond acceptors (Lipinski definition) is 2. The summed E-state index contributed by atoms with van der Waals surface area (Å²) in [6, 6.07) is 13.8. The average Bonchev–Trinajstić information content (AvgIpc) is 2.88. The van der Waals surface area contributed by atoms with Crippen LogP contribution in [0.1, 0.15) is 5.69 Å². The van der Waals surface area contributed by atoms with E-state index in [1.807, 2.05) is 41.3 Å². The molecule has 0 saturated carbocycles. The number of benzene rings is 1. The first-order chi connectivity index (χ1) is 9.31. The van der Waals surface area contributed by atoms with Gasteiger partial charge in [0.25, 0.3) is 0 Å². The summed E-state index contributed by atoms with van der Waals surface area (Å²) in [7, 11) is 0. The van der Waals surface area contributed by atoms with Crippen LogP contribution in [0.5, 0.6) is 0 Å². The van der Waals surface area contributed by atoms with Gasteiger partial charge in [0.1, 0.15) is 0 Å². The molecule has 94 valence electrons. The van der Waals surface area contributed by atoms with Crippen molar-refractivity contribution in [1.82, 2.24) is 14.8 Å². The number of halogens is 1. The van der Waals surface area contributed by atoms with Crippen LogP contribution in [-0.2, 0) is 6.54 Å². The van der Waals surface area contributed by atoms with Crippen molar-refractivity contribution in [2.45, 2.75) is 6.54 Å². The summed E-state index contributed by atoms with van der Waals surface area (Å²) in [5.74, 6) is 0. The Morgan fingerprint density at radius 3 is 2.68 bits per heavy atom. The van der Waals surface area contributed by atoms with Crippen LogP contribution in [0.15, 0.2) is 61.1 Å². The first kappa shape index (κ1) is 11.9. The Balaban J connectivity index is 1.82. The van der Waals surface area contributed by atoms with Crippen LogP contribution in [-0.4, -0.2) is 14.8 Å². The Morgan fingerprint density at radius 1 is 1.05 bits per heavy atom. The van der Waals surface area contributed by atoms with Crippen molar-refractivity contribution < 1.29 is 0 Å². The zero-order chi connectivity index (χ0) is 13.1. The Kier molecular flexibility index (Phi) is 3.29. The lowest BCUT2D eigenvalue weighted by Gasteiger charge is -2.01. The van der Waals surface area contributed by atoms with E-state index >= 15 is 0 Å². The van der Waals surface area contributed by atoms with Crippen molar-refractivity contribution in [2.24, 2.45) is 0 Å². The molecule has 0 bridgehead atoms. The first-order valence-electron chi connectivity index (χ1n) is 5.99. The highest BCUT2D eigenvalue weighted by molar-refractivity contribution is 6.30. The zero-order valence-electron chi connectivity index (χ0n) is 10.2. The average molecular weight is 270 g/mol. The van der Waals surface area contributed by atoms with Crippen LogP contribution in [0.25, 0.3) is 11.1 Å².